The van der Waals surface area contributed by atoms with Crippen LogP contribution in [0.3, 0.4) is 0 Å². The average Bonchev–Trinajstić information content (AvgIpc) is 3.22. The number of hydrogen-bond acceptors (Lipinski definition) is 2. The molecule has 1 heterocycles. The van der Waals surface area contributed by atoms with Gasteiger partial charge in [-0.3, -0.25) is 9.80 Å². The minimum atomic E-state index is 0.601. The zero-order valence-electron chi connectivity index (χ0n) is 13.9. The number of nitrogens with zero attached hydrogens (tertiary/aromatic N) is 2. The molecule has 0 aromatic heterocycles. The highest BCUT2D eigenvalue weighted by molar-refractivity contribution is 5.09. The van der Waals surface area contributed by atoms with Crippen molar-refractivity contribution < 1.29 is 0 Å². The summed E-state index contributed by atoms with van der Waals surface area (Å²) < 4.78 is 0. The van der Waals surface area contributed by atoms with Crippen molar-refractivity contribution in [3.8, 4) is 0 Å². The largest absolute Gasteiger partial charge is 0.298 e. The van der Waals surface area contributed by atoms with Crippen molar-refractivity contribution in [2.75, 3.05) is 26.2 Å². The topological polar surface area (TPSA) is 6.48 Å². The summed E-state index contributed by atoms with van der Waals surface area (Å²) >= 11 is 0. The summed E-state index contributed by atoms with van der Waals surface area (Å²) in [6.07, 6.45) is 10.3. The molecule has 0 aromatic rings. The van der Waals surface area contributed by atoms with Gasteiger partial charge in [-0.1, -0.05) is 26.2 Å². The molecule has 0 atom stereocenters. The first-order chi connectivity index (χ1) is 9.63. The second-order valence-electron chi connectivity index (χ2n) is 8.03. The number of piperazine rings is 1. The molecule has 3 aliphatic rings. The van der Waals surface area contributed by atoms with Crippen LogP contribution >= 0.6 is 0 Å². The lowest BCUT2D eigenvalue weighted by molar-refractivity contribution is 0.0259. The van der Waals surface area contributed by atoms with Crippen LogP contribution in [-0.2, 0) is 0 Å². The van der Waals surface area contributed by atoms with Gasteiger partial charge in [0, 0.05) is 37.8 Å². The summed E-state index contributed by atoms with van der Waals surface area (Å²) in [5, 5.41) is 0. The fraction of sp³-hybridized carbons (Fsp3) is 1.00. The molecule has 116 valence electrons. The minimum Gasteiger partial charge on any atom is -0.298 e. The van der Waals surface area contributed by atoms with E-state index in [0.717, 1.165) is 17.9 Å². The molecule has 1 saturated heterocycles. The van der Waals surface area contributed by atoms with Crippen molar-refractivity contribution in [2.24, 2.45) is 11.8 Å². The van der Waals surface area contributed by atoms with E-state index in [1.54, 1.807) is 0 Å². The van der Waals surface area contributed by atoms with Gasteiger partial charge in [0.05, 0.1) is 0 Å². The summed E-state index contributed by atoms with van der Waals surface area (Å²) in [6.45, 7) is 12.5. The van der Waals surface area contributed by atoms with Crippen LogP contribution in [0.25, 0.3) is 0 Å². The normalized spacial score (nSPS) is 34.8. The van der Waals surface area contributed by atoms with Crippen LogP contribution in [0.2, 0.25) is 0 Å². The Kier molecular flexibility index (Phi) is 4.42. The lowest BCUT2D eigenvalue weighted by Crippen LogP contribution is -2.57. The van der Waals surface area contributed by atoms with E-state index in [1.165, 1.54) is 71.1 Å². The molecule has 2 aliphatic carbocycles. The average molecular weight is 278 g/mol. The Morgan fingerprint density at radius 1 is 1.00 bits per heavy atom. The molecule has 2 saturated carbocycles. The molecular weight excluding hydrogens is 244 g/mol. The van der Waals surface area contributed by atoms with Crippen molar-refractivity contribution in [3.05, 3.63) is 0 Å². The SMILES string of the molecule is CCC1CCC(CN2CCN(C(C)C)CC23CC3)CC1. The standard InChI is InChI=1S/C18H34N2/c1-4-16-5-7-17(8-6-16)13-20-12-11-19(15(2)3)14-18(20)9-10-18/h15-17H,4-14H2,1-3H3. The molecule has 20 heavy (non-hydrogen) atoms. The van der Waals surface area contributed by atoms with Crippen molar-refractivity contribution in [2.45, 2.75) is 77.3 Å². The molecule has 1 spiro atoms. The van der Waals surface area contributed by atoms with Gasteiger partial charge in [0.1, 0.15) is 0 Å². The van der Waals surface area contributed by atoms with Gasteiger partial charge < -0.3 is 0 Å². The molecule has 0 N–H and O–H groups in total. The van der Waals surface area contributed by atoms with Crippen LogP contribution < -0.4 is 0 Å². The molecule has 3 rings (SSSR count). The van der Waals surface area contributed by atoms with Crippen LogP contribution in [0.1, 0.15) is 65.7 Å². The molecule has 2 nitrogen and oxygen atoms in total. The monoisotopic (exact) mass is 278 g/mol. The fourth-order valence-electron chi connectivity index (χ4n) is 4.52. The maximum absolute atomic E-state index is 2.89. The molecule has 0 aromatic carbocycles. The van der Waals surface area contributed by atoms with Gasteiger partial charge >= 0.3 is 0 Å². The summed E-state index contributed by atoms with van der Waals surface area (Å²) in [5.74, 6) is 2.04. The molecule has 1 aliphatic heterocycles. The van der Waals surface area contributed by atoms with Crippen LogP contribution in [-0.4, -0.2) is 47.6 Å². The van der Waals surface area contributed by atoms with Gasteiger partial charge in [-0.05, 0) is 51.4 Å². The molecule has 2 heteroatoms. The Bertz CT molecular complexity index is 313. The van der Waals surface area contributed by atoms with Gasteiger partial charge in [0.25, 0.3) is 0 Å². The fourth-order valence-corrected chi connectivity index (χ4v) is 4.52. The van der Waals surface area contributed by atoms with E-state index in [0.29, 0.717) is 5.54 Å². The van der Waals surface area contributed by atoms with Gasteiger partial charge in [0.15, 0.2) is 0 Å². The van der Waals surface area contributed by atoms with Gasteiger partial charge in [0.2, 0.25) is 0 Å². The van der Waals surface area contributed by atoms with Crippen molar-refractivity contribution >= 4 is 0 Å². The van der Waals surface area contributed by atoms with Crippen LogP contribution in [0.5, 0.6) is 0 Å². The first-order valence-corrected chi connectivity index (χ1v) is 9.12. The zero-order chi connectivity index (χ0) is 14.2. The Hall–Kier alpha value is -0.0800. The highest BCUT2D eigenvalue weighted by atomic mass is 15.3. The Morgan fingerprint density at radius 3 is 2.20 bits per heavy atom. The smallest absolute Gasteiger partial charge is 0.0338 e. The molecule has 0 amide bonds. The van der Waals surface area contributed by atoms with Gasteiger partial charge in [-0.15, -0.1) is 0 Å². The van der Waals surface area contributed by atoms with E-state index in [4.69, 9.17) is 0 Å². The van der Waals surface area contributed by atoms with E-state index < -0.39 is 0 Å². The van der Waals surface area contributed by atoms with Gasteiger partial charge in [-0.25, -0.2) is 0 Å². The van der Waals surface area contributed by atoms with E-state index in [2.05, 4.69) is 30.6 Å². The Balaban J connectivity index is 1.51. The lowest BCUT2D eigenvalue weighted by Gasteiger charge is -2.45. The summed E-state index contributed by atoms with van der Waals surface area (Å²) in [6, 6.07) is 0.731. The van der Waals surface area contributed by atoms with Crippen molar-refractivity contribution in [1.29, 1.82) is 0 Å². The highest BCUT2D eigenvalue weighted by Gasteiger charge is 2.51. The van der Waals surface area contributed by atoms with Crippen LogP contribution in [0.15, 0.2) is 0 Å². The Labute approximate surface area is 125 Å². The minimum absolute atomic E-state index is 0.601. The summed E-state index contributed by atoms with van der Waals surface area (Å²) in [5.41, 5.74) is 0.601. The van der Waals surface area contributed by atoms with E-state index in [9.17, 15) is 0 Å². The number of rotatable bonds is 4. The lowest BCUT2D eigenvalue weighted by atomic mass is 9.80. The third-order valence-corrected chi connectivity index (χ3v) is 6.41. The maximum atomic E-state index is 2.89. The third-order valence-electron chi connectivity index (χ3n) is 6.41. The highest BCUT2D eigenvalue weighted by Crippen LogP contribution is 2.45. The zero-order valence-corrected chi connectivity index (χ0v) is 13.9. The maximum Gasteiger partial charge on any atom is 0.0338 e. The van der Waals surface area contributed by atoms with Crippen molar-refractivity contribution in [1.82, 2.24) is 9.80 Å². The third kappa shape index (κ3) is 3.06. The summed E-state index contributed by atoms with van der Waals surface area (Å²) in [4.78, 5) is 5.60. The van der Waals surface area contributed by atoms with E-state index in [-0.39, 0.29) is 0 Å². The first-order valence-electron chi connectivity index (χ1n) is 9.12. The van der Waals surface area contributed by atoms with Crippen molar-refractivity contribution in [3.63, 3.8) is 0 Å². The molecular formula is C18H34N2. The second-order valence-corrected chi connectivity index (χ2v) is 8.03. The first kappa shape index (κ1) is 14.8. The second kappa shape index (κ2) is 5.96. The van der Waals surface area contributed by atoms with Gasteiger partial charge in [-0.2, -0.15) is 0 Å². The van der Waals surface area contributed by atoms with Crippen LogP contribution in [0.4, 0.5) is 0 Å². The molecule has 3 fully saturated rings. The number of hydrogen-bond donors (Lipinski definition) is 0. The predicted molar refractivity (Wildman–Crippen MR) is 86.0 cm³/mol. The Morgan fingerprint density at radius 2 is 1.65 bits per heavy atom. The van der Waals surface area contributed by atoms with E-state index >= 15 is 0 Å². The predicted octanol–water partition coefficient (Wildman–Crippen LogP) is 3.76. The molecule has 0 radical (unpaired) electrons. The molecule has 0 bridgehead atoms. The molecule has 0 unspecified atom stereocenters. The summed E-state index contributed by atoms with van der Waals surface area (Å²) in [7, 11) is 0. The quantitative estimate of drug-likeness (QED) is 0.772. The van der Waals surface area contributed by atoms with Crippen LogP contribution in [0, 0.1) is 11.8 Å². The van der Waals surface area contributed by atoms with E-state index in [1.807, 2.05) is 0 Å².